The summed E-state index contributed by atoms with van der Waals surface area (Å²) in [4.78, 5) is 31.9. The summed E-state index contributed by atoms with van der Waals surface area (Å²) in [7, 11) is 1.33. The summed E-state index contributed by atoms with van der Waals surface area (Å²) in [5.41, 5.74) is 1.15. The Hall–Kier alpha value is -2.43. The van der Waals surface area contributed by atoms with E-state index in [0.717, 1.165) is 0 Å². The summed E-state index contributed by atoms with van der Waals surface area (Å²) in [6, 6.07) is 6.53. The van der Waals surface area contributed by atoms with Gasteiger partial charge in [-0.25, -0.2) is 14.4 Å². The molecule has 0 saturated carbocycles. The van der Waals surface area contributed by atoms with Crippen LogP contribution in [0.1, 0.15) is 27.6 Å². The second kappa shape index (κ2) is 5.77. The van der Waals surface area contributed by atoms with Gasteiger partial charge in [0.05, 0.1) is 18.2 Å². The number of ether oxygens (including phenoxy) is 2. The van der Waals surface area contributed by atoms with Crippen molar-refractivity contribution >= 4 is 17.9 Å². The van der Waals surface area contributed by atoms with Crippen molar-refractivity contribution in [3.8, 4) is 0 Å². The topological polar surface area (TPSA) is 69.7 Å². The van der Waals surface area contributed by atoms with Crippen LogP contribution in [0.25, 0.3) is 0 Å². The Morgan fingerprint density at radius 2 is 1.61 bits per heavy atom. The fourth-order valence-electron chi connectivity index (χ4n) is 1.21. The Morgan fingerprint density at radius 1 is 1.17 bits per heavy atom. The summed E-state index contributed by atoms with van der Waals surface area (Å²) in [5, 5.41) is 0. The van der Waals surface area contributed by atoms with Gasteiger partial charge in [0.2, 0.25) is 0 Å². The molecule has 5 heteroatoms. The SMILES string of the molecule is C=C(C)C(=O)OC.O=C1OC(=O)c2ccccc21. The predicted molar refractivity (Wildman–Crippen MR) is 63.0 cm³/mol. The molecule has 1 aliphatic rings. The Bertz CT molecular complexity index is 483. The fourth-order valence-corrected chi connectivity index (χ4v) is 1.21. The summed E-state index contributed by atoms with van der Waals surface area (Å²) in [5.74, 6) is -1.45. The van der Waals surface area contributed by atoms with Gasteiger partial charge in [-0.2, -0.15) is 0 Å². The second-order valence-electron chi connectivity index (χ2n) is 3.49. The van der Waals surface area contributed by atoms with Gasteiger partial charge in [0.1, 0.15) is 0 Å². The third-order valence-corrected chi connectivity index (χ3v) is 2.09. The van der Waals surface area contributed by atoms with Crippen LogP contribution in [-0.2, 0) is 14.3 Å². The van der Waals surface area contributed by atoms with E-state index in [9.17, 15) is 14.4 Å². The molecule has 0 bridgehead atoms. The van der Waals surface area contributed by atoms with E-state index < -0.39 is 11.9 Å². The number of esters is 3. The lowest BCUT2D eigenvalue weighted by Gasteiger charge is -1.91. The molecule has 1 aromatic rings. The van der Waals surface area contributed by atoms with Crippen LogP contribution in [0.15, 0.2) is 36.4 Å². The van der Waals surface area contributed by atoms with Crippen LogP contribution in [0, 0.1) is 0 Å². The van der Waals surface area contributed by atoms with Crippen molar-refractivity contribution < 1.29 is 23.9 Å². The molecule has 18 heavy (non-hydrogen) atoms. The molecule has 0 N–H and O–H groups in total. The van der Waals surface area contributed by atoms with E-state index in [1.54, 1.807) is 31.2 Å². The highest BCUT2D eigenvalue weighted by Gasteiger charge is 2.28. The average Bonchev–Trinajstić information content (AvgIpc) is 2.65. The number of benzene rings is 1. The third kappa shape index (κ3) is 3.04. The number of carbonyl (C=O) groups is 3. The van der Waals surface area contributed by atoms with Crippen molar-refractivity contribution in [3.05, 3.63) is 47.5 Å². The van der Waals surface area contributed by atoms with E-state index in [-0.39, 0.29) is 5.97 Å². The van der Waals surface area contributed by atoms with E-state index in [1.807, 2.05) is 0 Å². The van der Waals surface area contributed by atoms with Crippen LogP contribution >= 0.6 is 0 Å². The largest absolute Gasteiger partial charge is 0.466 e. The molecule has 0 saturated heterocycles. The van der Waals surface area contributed by atoms with Gasteiger partial charge in [-0.3, -0.25) is 0 Å². The lowest BCUT2D eigenvalue weighted by Crippen LogP contribution is -1.98. The molecule has 0 spiro atoms. The van der Waals surface area contributed by atoms with Crippen molar-refractivity contribution in [2.45, 2.75) is 6.92 Å². The molecule has 94 valence electrons. The standard InChI is InChI=1S/C8H4O3.C5H8O2/c9-7-5-3-1-2-4-6(5)8(10)11-7;1-4(2)5(6)7-3/h1-4H;1H2,2-3H3. The Labute approximate surface area is 104 Å². The van der Waals surface area contributed by atoms with Crippen molar-refractivity contribution in [3.63, 3.8) is 0 Å². The minimum absolute atomic E-state index is 0.347. The highest BCUT2D eigenvalue weighted by molar-refractivity contribution is 6.14. The maximum Gasteiger partial charge on any atom is 0.346 e. The number of fused-ring (bicyclic) bond motifs is 1. The highest BCUT2D eigenvalue weighted by atomic mass is 16.6. The van der Waals surface area contributed by atoms with Crippen molar-refractivity contribution in [1.82, 2.24) is 0 Å². The quantitative estimate of drug-likeness (QED) is 0.430. The molecule has 0 unspecified atom stereocenters. The monoisotopic (exact) mass is 248 g/mol. The number of hydrogen-bond acceptors (Lipinski definition) is 5. The molecule has 0 fully saturated rings. The Morgan fingerprint density at radius 3 is 1.89 bits per heavy atom. The van der Waals surface area contributed by atoms with Crippen LogP contribution in [0.5, 0.6) is 0 Å². The highest BCUT2D eigenvalue weighted by Crippen LogP contribution is 2.18. The van der Waals surface area contributed by atoms with Gasteiger partial charge >= 0.3 is 17.9 Å². The third-order valence-electron chi connectivity index (χ3n) is 2.09. The molecule has 0 aliphatic carbocycles. The maximum absolute atomic E-state index is 10.8. The predicted octanol–water partition coefficient (Wildman–Crippen LogP) is 1.73. The second-order valence-corrected chi connectivity index (χ2v) is 3.49. The summed E-state index contributed by atoms with van der Waals surface area (Å²) in [6.45, 7) is 4.95. The number of cyclic esters (lactones) is 2. The Kier molecular flexibility index (Phi) is 4.37. The van der Waals surface area contributed by atoms with Gasteiger partial charge in [0.25, 0.3) is 0 Å². The zero-order chi connectivity index (χ0) is 13.7. The van der Waals surface area contributed by atoms with Gasteiger partial charge in [-0.1, -0.05) is 18.7 Å². The van der Waals surface area contributed by atoms with E-state index in [1.165, 1.54) is 7.11 Å². The number of methoxy groups -OCH3 is 1. The van der Waals surface area contributed by atoms with Gasteiger partial charge in [-0.05, 0) is 19.1 Å². The average molecular weight is 248 g/mol. The maximum atomic E-state index is 10.8. The van der Waals surface area contributed by atoms with Crippen LogP contribution < -0.4 is 0 Å². The summed E-state index contributed by atoms with van der Waals surface area (Å²) in [6.07, 6.45) is 0. The van der Waals surface area contributed by atoms with E-state index in [4.69, 9.17) is 0 Å². The molecular formula is C13H12O5. The molecule has 0 radical (unpaired) electrons. The normalized spacial score (nSPS) is 11.9. The number of carbonyl (C=O) groups excluding carboxylic acids is 3. The summed E-state index contributed by atoms with van der Waals surface area (Å²) < 4.78 is 8.63. The smallest absolute Gasteiger partial charge is 0.346 e. The Balaban J connectivity index is 0.000000203. The molecule has 5 nitrogen and oxygen atoms in total. The van der Waals surface area contributed by atoms with E-state index in [0.29, 0.717) is 16.7 Å². The molecule has 0 aromatic heterocycles. The molecule has 2 rings (SSSR count). The number of hydrogen-bond donors (Lipinski definition) is 0. The van der Waals surface area contributed by atoms with Crippen molar-refractivity contribution in [2.24, 2.45) is 0 Å². The van der Waals surface area contributed by atoms with E-state index in [2.05, 4.69) is 16.1 Å². The number of rotatable bonds is 1. The van der Waals surface area contributed by atoms with Gasteiger partial charge in [-0.15, -0.1) is 0 Å². The first-order valence-electron chi connectivity index (χ1n) is 5.06. The first-order chi connectivity index (χ1) is 8.47. The minimum atomic E-state index is -0.550. The minimum Gasteiger partial charge on any atom is -0.466 e. The summed E-state index contributed by atoms with van der Waals surface area (Å²) >= 11 is 0. The van der Waals surface area contributed by atoms with E-state index >= 15 is 0 Å². The van der Waals surface area contributed by atoms with Gasteiger partial charge in [0, 0.05) is 5.57 Å². The molecule has 0 amide bonds. The molecule has 0 atom stereocenters. The lowest BCUT2D eigenvalue weighted by molar-refractivity contribution is -0.136. The van der Waals surface area contributed by atoms with Crippen molar-refractivity contribution in [2.75, 3.05) is 7.11 Å². The zero-order valence-electron chi connectivity index (χ0n) is 10.1. The van der Waals surface area contributed by atoms with Gasteiger partial charge < -0.3 is 9.47 Å². The lowest BCUT2D eigenvalue weighted by atomic mass is 10.1. The molecule has 1 heterocycles. The molecular weight excluding hydrogens is 236 g/mol. The van der Waals surface area contributed by atoms with Crippen molar-refractivity contribution in [1.29, 1.82) is 0 Å². The van der Waals surface area contributed by atoms with Gasteiger partial charge in [0.15, 0.2) is 0 Å². The van der Waals surface area contributed by atoms with Crippen LogP contribution in [0.3, 0.4) is 0 Å². The molecule has 1 aromatic carbocycles. The first kappa shape index (κ1) is 13.6. The van der Waals surface area contributed by atoms with Crippen LogP contribution in [0.4, 0.5) is 0 Å². The zero-order valence-corrected chi connectivity index (χ0v) is 10.1. The van der Waals surface area contributed by atoms with Crippen LogP contribution in [-0.4, -0.2) is 25.0 Å². The van der Waals surface area contributed by atoms with Crippen LogP contribution in [0.2, 0.25) is 0 Å². The molecule has 1 aliphatic heterocycles. The first-order valence-corrected chi connectivity index (χ1v) is 5.06. The fraction of sp³-hybridized carbons (Fsp3) is 0.154.